The monoisotopic (exact) mass is 303 g/mol. The molecule has 4 nitrogen and oxygen atoms in total. The Labute approximate surface area is 128 Å². The van der Waals surface area contributed by atoms with E-state index in [9.17, 15) is 4.79 Å². The third-order valence-electron chi connectivity index (χ3n) is 2.82. The lowest BCUT2D eigenvalue weighted by Gasteiger charge is -2.08. The third-order valence-corrected chi connectivity index (χ3v) is 3.81. The van der Waals surface area contributed by atoms with Gasteiger partial charge in [0.25, 0.3) is 0 Å². The smallest absolute Gasteiger partial charge is 0.340 e. The Bertz CT molecular complexity index is 626. The first-order valence-electron chi connectivity index (χ1n) is 6.52. The molecule has 2 N–H and O–H groups in total. The summed E-state index contributed by atoms with van der Waals surface area (Å²) >= 11 is 1.55. The third kappa shape index (κ3) is 3.92. The molecule has 0 amide bonds. The quantitative estimate of drug-likeness (QED) is 0.675. The zero-order chi connectivity index (χ0) is 15.2. The van der Waals surface area contributed by atoms with Crippen LogP contribution in [0.3, 0.4) is 0 Å². The average Bonchev–Trinajstić information content (AvgIpc) is 2.50. The van der Waals surface area contributed by atoms with E-state index in [0.29, 0.717) is 17.9 Å². The fourth-order valence-corrected chi connectivity index (χ4v) is 2.62. The molecule has 0 bridgehead atoms. The van der Waals surface area contributed by atoms with E-state index >= 15 is 0 Å². The maximum absolute atomic E-state index is 11.8. The highest BCUT2D eigenvalue weighted by atomic mass is 32.2. The van der Waals surface area contributed by atoms with Crippen molar-refractivity contribution in [3.63, 3.8) is 0 Å². The molecule has 0 atom stereocenters. The maximum atomic E-state index is 11.8. The van der Waals surface area contributed by atoms with Crippen molar-refractivity contribution < 1.29 is 14.3 Å². The summed E-state index contributed by atoms with van der Waals surface area (Å²) in [6.07, 6.45) is 0. The first-order chi connectivity index (χ1) is 10.1. The number of ether oxygens (including phenoxy) is 2. The number of hydrogen-bond acceptors (Lipinski definition) is 5. The Kier molecular flexibility index (Phi) is 5.11. The summed E-state index contributed by atoms with van der Waals surface area (Å²) in [5, 5.41) is 0. The number of benzene rings is 2. The molecule has 2 aromatic carbocycles. The molecule has 0 aromatic heterocycles. The highest BCUT2D eigenvalue weighted by Gasteiger charge is 2.12. The molecule has 0 aliphatic rings. The number of rotatable bonds is 5. The van der Waals surface area contributed by atoms with E-state index in [2.05, 4.69) is 0 Å². The number of carbonyl (C=O) groups excluding carboxylic acids is 1. The van der Waals surface area contributed by atoms with Crippen molar-refractivity contribution in [1.29, 1.82) is 0 Å². The minimum atomic E-state index is -0.396. The van der Waals surface area contributed by atoms with Crippen LogP contribution in [-0.2, 0) is 4.74 Å². The van der Waals surface area contributed by atoms with Gasteiger partial charge < -0.3 is 15.2 Å². The van der Waals surface area contributed by atoms with Crippen LogP contribution in [0.4, 0.5) is 5.69 Å². The molecule has 0 saturated carbocycles. The highest BCUT2D eigenvalue weighted by molar-refractivity contribution is 7.99. The van der Waals surface area contributed by atoms with Gasteiger partial charge in [0.1, 0.15) is 5.75 Å². The van der Waals surface area contributed by atoms with Gasteiger partial charge in [0.15, 0.2) is 0 Å². The zero-order valence-corrected chi connectivity index (χ0v) is 12.8. The number of anilines is 1. The maximum Gasteiger partial charge on any atom is 0.340 e. The van der Waals surface area contributed by atoms with Gasteiger partial charge in [0, 0.05) is 15.5 Å². The van der Waals surface area contributed by atoms with E-state index in [1.165, 1.54) is 0 Å². The lowest BCUT2D eigenvalue weighted by molar-refractivity contribution is 0.0527. The van der Waals surface area contributed by atoms with Crippen LogP contribution in [-0.4, -0.2) is 19.7 Å². The Balaban J connectivity index is 2.20. The van der Waals surface area contributed by atoms with Gasteiger partial charge in [-0.1, -0.05) is 11.8 Å². The van der Waals surface area contributed by atoms with Crippen LogP contribution >= 0.6 is 11.8 Å². The second-order valence-electron chi connectivity index (χ2n) is 4.25. The van der Waals surface area contributed by atoms with Crippen LogP contribution in [0.5, 0.6) is 5.75 Å². The molecule has 0 spiro atoms. The van der Waals surface area contributed by atoms with Crippen molar-refractivity contribution >= 4 is 23.4 Å². The molecule has 0 aliphatic heterocycles. The lowest BCUT2D eigenvalue weighted by Crippen LogP contribution is -2.07. The number of methoxy groups -OCH3 is 1. The van der Waals surface area contributed by atoms with Crippen LogP contribution in [0.25, 0.3) is 0 Å². The van der Waals surface area contributed by atoms with Gasteiger partial charge in [-0.3, -0.25) is 0 Å². The second kappa shape index (κ2) is 7.04. The average molecular weight is 303 g/mol. The van der Waals surface area contributed by atoms with Crippen LogP contribution < -0.4 is 10.5 Å². The van der Waals surface area contributed by atoms with Gasteiger partial charge in [-0.15, -0.1) is 0 Å². The van der Waals surface area contributed by atoms with E-state index < -0.39 is 5.97 Å². The van der Waals surface area contributed by atoms with E-state index in [4.69, 9.17) is 15.2 Å². The first-order valence-corrected chi connectivity index (χ1v) is 7.34. The van der Waals surface area contributed by atoms with Gasteiger partial charge in [-0.2, -0.15) is 0 Å². The molecule has 110 valence electrons. The van der Waals surface area contributed by atoms with Crippen molar-refractivity contribution in [3.05, 3.63) is 48.0 Å². The molecule has 0 aliphatic carbocycles. The van der Waals surface area contributed by atoms with E-state index in [0.717, 1.165) is 15.5 Å². The Morgan fingerprint density at radius 2 is 1.81 bits per heavy atom. The van der Waals surface area contributed by atoms with Crippen molar-refractivity contribution in [2.45, 2.75) is 16.7 Å². The molecule has 0 heterocycles. The largest absolute Gasteiger partial charge is 0.497 e. The Morgan fingerprint density at radius 3 is 2.43 bits per heavy atom. The molecule has 21 heavy (non-hydrogen) atoms. The summed E-state index contributed by atoms with van der Waals surface area (Å²) < 4.78 is 10.1. The standard InChI is InChI=1S/C16H17NO3S/c1-3-20-16(18)14-10-13(8-9-15(14)17)21-12-6-4-11(19-2)5-7-12/h4-10H,3,17H2,1-2H3. The molecule has 0 unspecified atom stereocenters. The minimum absolute atomic E-state index is 0.328. The van der Waals surface area contributed by atoms with Crippen molar-refractivity contribution in [3.8, 4) is 5.75 Å². The summed E-state index contributed by atoms with van der Waals surface area (Å²) in [6.45, 7) is 2.10. The molecular weight excluding hydrogens is 286 g/mol. The Morgan fingerprint density at radius 1 is 1.14 bits per heavy atom. The fraction of sp³-hybridized carbons (Fsp3) is 0.188. The van der Waals surface area contributed by atoms with Gasteiger partial charge in [-0.25, -0.2) is 4.79 Å². The molecule has 2 rings (SSSR count). The fourth-order valence-electron chi connectivity index (χ4n) is 1.76. The molecule has 0 saturated heterocycles. The SMILES string of the molecule is CCOC(=O)c1cc(Sc2ccc(OC)cc2)ccc1N. The van der Waals surface area contributed by atoms with Gasteiger partial charge >= 0.3 is 5.97 Å². The topological polar surface area (TPSA) is 61.5 Å². The molecule has 2 aromatic rings. The number of hydrogen-bond donors (Lipinski definition) is 1. The molecular formula is C16H17NO3S. The number of nitrogen functional groups attached to an aromatic ring is 1. The first kappa shape index (κ1) is 15.3. The Hall–Kier alpha value is -2.14. The summed E-state index contributed by atoms with van der Waals surface area (Å²) in [6, 6.07) is 13.1. The predicted molar refractivity (Wildman–Crippen MR) is 83.9 cm³/mol. The van der Waals surface area contributed by atoms with Crippen molar-refractivity contribution in [2.24, 2.45) is 0 Å². The number of esters is 1. The molecule has 5 heteroatoms. The summed E-state index contributed by atoms with van der Waals surface area (Å²) in [5.74, 6) is 0.413. The number of carbonyl (C=O) groups is 1. The number of nitrogens with two attached hydrogens (primary N) is 1. The summed E-state index contributed by atoms with van der Waals surface area (Å²) in [7, 11) is 1.63. The summed E-state index contributed by atoms with van der Waals surface area (Å²) in [4.78, 5) is 13.8. The van der Waals surface area contributed by atoms with E-state index in [-0.39, 0.29) is 0 Å². The van der Waals surface area contributed by atoms with Gasteiger partial charge in [0.2, 0.25) is 0 Å². The van der Waals surface area contributed by atoms with Crippen LogP contribution in [0.1, 0.15) is 17.3 Å². The van der Waals surface area contributed by atoms with Crippen LogP contribution in [0, 0.1) is 0 Å². The molecule has 0 fully saturated rings. The summed E-state index contributed by atoms with van der Waals surface area (Å²) in [5.41, 5.74) is 6.65. The van der Waals surface area contributed by atoms with E-state index in [1.54, 1.807) is 37.9 Å². The van der Waals surface area contributed by atoms with E-state index in [1.807, 2.05) is 30.3 Å². The predicted octanol–water partition coefficient (Wildman–Crippen LogP) is 3.61. The van der Waals surface area contributed by atoms with Crippen molar-refractivity contribution in [1.82, 2.24) is 0 Å². The highest BCUT2D eigenvalue weighted by Crippen LogP contribution is 2.31. The minimum Gasteiger partial charge on any atom is -0.497 e. The van der Waals surface area contributed by atoms with Crippen molar-refractivity contribution in [2.75, 3.05) is 19.5 Å². The van der Waals surface area contributed by atoms with Gasteiger partial charge in [-0.05, 0) is 49.4 Å². The van der Waals surface area contributed by atoms with Gasteiger partial charge in [0.05, 0.1) is 19.3 Å². The normalized spacial score (nSPS) is 10.2. The lowest BCUT2D eigenvalue weighted by atomic mass is 10.2. The second-order valence-corrected chi connectivity index (χ2v) is 5.39. The van der Waals surface area contributed by atoms with Crippen LogP contribution in [0.2, 0.25) is 0 Å². The zero-order valence-electron chi connectivity index (χ0n) is 12.0. The molecule has 0 radical (unpaired) electrons. The van der Waals surface area contributed by atoms with Crippen LogP contribution in [0.15, 0.2) is 52.3 Å².